The lowest BCUT2D eigenvalue weighted by molar-refractivity contribution is -0.129. The van der Waals surface area contributed by atoms with Gasteiger partial charge >= 0.3 is 0 Å². The summed E-state index contributed by atoms with van der Waals surface area (Å²) in [5.41, 5.74) is -0.266. The molecule has 0 amide bonds. The van der Waals surface area contributed by atoms with Crippen molar-refractivity contribution in [3.63, 3.8) is 0 Å². The second kappa shape index (κ2) is 3.39. The first-order chi connectivity index (χ1) is 5.94. The number of Topliss-reactive ketones (excluding diaryl/α,β-unsaturated/α-hetero) is 1. The molecule has 3 heteroatoms. The fraction of sp³-hybridized carbons (Fsp3) is 0.900. The van der Waals surface area contributed by atoms with Crippen LogP contribution < -0.4 is 0 Å². The van der Waals surface area contributed by atoms with Gasteiger partial charge in [0.2, 0.25) is 0 Å². The molecule has 1 rings (SSSR count). The lowest BCUT2D eigenvalue weighted by Gasteiger charge is -2.21. The predicted molar refractivity (Wildman–Crippen MR) is 48.9 cm³/mol. The van der Waals surface area contributed by atoms with Gasteiger partial charge in [-0.05, 0) is 6.42 Å². The van der Waals surface area contributed by atoms with Crippen LogP contribution in [-0.4, -0.2) is 11.6 Å². The van der Waals surface area contributed by atoms with Crippen molar-refractivity contribution in [1.82, 2.24) is 0 Å². The summed E-state index contributed by atoms with van der Waals surface area (Å²) in [7, 11) is 0. The van der Waals surface area contributed by atoms with E-state index in [0.717, 1.165) is 12.8 Å². The van der Waals surface area contributed by atoms with Gasteiger partial charge in [0.05, 0.1) is 0 Å². The molecular formula is C10H18O3. The van der Waals surface area contributed by atoms with Gasteiger partial charge in [0.15, 0.2) is 5.78 Å². The van der Waals surface area contributed by atoms with E-state index >= 15 is 0 Å². The van der Waals surface area contributed by atoms with Crippen LogP contribution in [0.25, 0.3) is 0 Å². The summed E-state index contributed by atoms with van der Waals surface area (Å²) in [5.74, 6) is -0.871. The number of hydrogen-bond donors (Lipinski definition) is 0. The Morgan fingerprint density at radius 2 is 1.85 bits per heavy atom. The zero-order valence-electron chi connectivity index (χ0n) is 8.85. The van der Waals surface area contributed by atoms with Crippen molar-refractivity contribution in [1.29, 1.82) is 0 Å². The molecule has 13 heavy (non-hydrogen) atoms. The molecule has 1 heterocycles. The largest absolute Gasteiger partial charge is 0.296 e. The highest BCUT2D eigenvalue weighted by Gasteiger charge is 2.63. The average Bonchev–Trinajstić information content (AvgIpc) is 2.78. The summed E-state index contributed by atoms with van der Waals surface area (Å²) in [5, 5.41) is 0. The maximum Gasteiger partial charge on any atom is 0.296 e. The Labute approximate surface area is 79.3 Å². The van der Waals surface area contributed by atoms with Crippen LogP contribution >= 0.6 is 0 Å². The summed E-state index contributed by atoms with van der Waals surface area (Å²) in [6.45, 7) is 7.91. The number of ketones is 1. The zero-order valence-corrected chi connectivity index (χ0v) is 8.85. The first-order valence-electron chi connectivity index (χ1n) is 4.84. The molecule has 0 unspecified atom stereocenters. The Bertz CT molecular complexity index is 199. The third-order valence-corrected chi connectivity index (χ3v) is 2.36. The van der Waals surface area contributed by atoms with Crippen LogP contribution in [0.3, 0.4) is 0 Å². The molecule has 76 valence electrons. The van der Waals surface area contributed by atoms with Crippen LogP contribution in [-0.2, 0) is 14.6 Å². The molecule has 0 N–H and O–H groups in total. The lowest BCUT2D eigenvalue weighted by atomic mass is 9.83. The smallest absolute Gasteiger partial charge is 0.293 e. The van der Waals surface area contributed by atoms with Crippen LogP contribution in [0.15, 0.2) is 0 Å². The molecule has 0 radical (unpaired) electrons. The quantitative estimate of drug-likeness (QED) is 0.500. The summed E-state index contributed by atoms with van der Waals surface area (Å²) in [4.78, 5) is 21.4. The summed E-state index contributed by atoms with van der Waals surface area (Å²) in [6, 6.07) is 0. The molecule has 1 saturated heterocycles. The van der Waals surface area contributed by atoms with Gasteiger partial charge in [0.25, 0.3) is 5.79 Å². The number of carbonyl (C=O) groups excluding carboxylic acids is 1. The molecule has 0 aromatic heterocycles. The van der Waals surface area contributed by atoms with E-state index in [4.69, 9.17) is 9.78 Å². The number of hydrogen-bond acceptors (Lipinski definition) is 3. The SMILES string of the molecule is CCCCC(=O)C1(C(C)(C)C)OO1. The van der Waals surface area contributed by atoms with Gasteiger partial charge in [0.1, 0.15) is 0 Å². The molecule has 0 aromatic rings. The minimum absolute atomic E-state index is 0.0712. The molecule has 1 aliphatic heterocycles. The van der Waals surface area contributed by atoms with Crippen molar-refractivity contribution in [2.45, 2.75) is 52.7 Å². The molecule has 1 fully saturated rings. The lowest BCUT2D eigenvalue weighted by Crippen LogP contribution is -2.38. The van der Waals surface area contributed by atoms with E-state index in [-0.39, 0.29) is 11.2 Å². The minimum Gasteiger partial charge on any atom is -0.293 e. The highest BCUT2D eigenvalue weighted by molar-refractivity contribution is 5.87. The molecule has 0 aliphatic carbocycles. The molecule has 0 aromatic carbocycles. The fourth-order valence-corrected chi connectivity index (χ4v) is 1.30. The number of carbonyl (C=O) groups is 1. The van der Waals surface area contributed by atoms with E-state index in [9.17, 15) is 4.79 Å². The second-order valence-electron chi connectivity index (χ2n) is 4.56. The summed E-state index contributed by atoms with van der Waals surface area (Å²) < 4.78 is 0. The van der Waals surface area contributed by atoms with Crippen LogP contribution in [0.4, 0.5) is 0 Å². The van der Waals surface area contributed by atoms with Crippen molar-refractivity contribution in [2.24, 2.45) is 5.41 Å². The van der Waals surface area contributed by atoms with E-state index in [1.54, 1.807) is 0 Å². The van der Waals surface area contributed by atoms with Gasteiger partial charge in [-0.3, -0.25) is 4.79 Å². The maximum atomic E-state index is 11.7. The first kappa shape index (κ1) is 10.7. The van der Waals surface area contributed by atoms with Crippen LogP contribution in [0, 0.1) is 5.41 Å². The Morgan fingerprint density at radius 3 is 2.15 bits per heavy atom. The highest BCUT2D eigenvalue weighted by atomic mass is 17.4. The van der Waals surface area contributed by atoms with E-state index in [2.05, 4.69) is 6.92 Å². The molecule has 0 saturated carbocycles. The van der Waals surface area contributed by atoms with Crippen molar-refractivity contribution in [3.8, 4) is 0 Å². The highest BCUT2D eigenvalue weighted by Crippen LogP contribution is 2.47. The Hall–Kier alpha value is -0.410. The van der Waals surface area contributed by atoms with Gasteiger partial charge in [-0.15, -0.1) is 0 Å². The van der Waals surface area contributed by atoms with Crippen molar-refractivity contribution in [2.75, 3.05) is 0 Å². The first-order valence-corrected chi connectivity index (χ1v) is 4.84. The van der Waals surface area contributed by atoms with Gasteiger partial charge in [-0.1, -0.05) is 34.1 Å². The Morgan fingerprint density at radius 1 is 1.31 bits per heavy atom. The van der Waals surface area contributed by atoms with Gasteiger partial charge < -0.3 is 0 Å². The average molecular weight is 186 g/mol. The predicted octanol–water partition coefficient (Wildman–Crippen LogP) is 2.45. The van der Waals surface area contributed by atoms with E-state index in [0.29, 0.717) is 6.42 Å². The minimum atomic E-state index is -0.942. The monoisotopic (exact) mass is 186 g/mol. The summed E-state index contributed by atoms with van der Waals surface area (Å²) >= 11 is 0. The standard InChI is InChI=1S/C10H18O3/c1-5-6-7-8(11)10(12-13-10)9(2,3)4/h5-7H2,1-4H3. The second-order valence-corrected chi connectivity index (χ2v) is 4.56. The van der Waals surface area contributed by atoms with E-state index in [1.807, 2.05) is 20.8 Å². The Kier molecular flexibility index (Phi) is 2.78. The van der Waals surface area contributed by atoms with Crippen molar-refractivity contribution >= 4 is 5.78 Å². The zero-order chi connectivity index (χ0) is 10.1. The van der Waals surface area contributed by atoms with Gasteiger partial charge in [0, 0.05) is 11.8 Å². The van der Waals surface area contributed by atoms with Gasteiger partial charge in [-0.25, -0.2) is 0 Å². The number of rotatable bonds is 4. The molecule has 1 aliphatic rings. The van der Waals surface area contributed by atoms with Crippen LogP contribution in [0.2, 0.25) is 0 Å². The Balaban J connectivity index is 2.56. The van der Waals surface area contributed by atoms with E-state index in [1.165, 1.54) is 0 Å². The third kappa shape index (κ3) is 1.92. The topological polar surface area (TPSA) is 42.1 Å². The third-order valence-electron chi connectivity index (χ3n) is 2.36. The maximum absolute atomic E-state index is 11.7. The van der Waals surface area contributed by atoms with Crippen molar-refractivity contribution in [3.05, 3.63) is 0 Å². The number of unbranched alkanes of at least 4 members (excludes halogenated alkanes) is 1. The molecule has 3 nitrogen and oxygen atoms in total. The molecular weight excluding hydrogens is 168 g/mol. The van der Waals surface area contributed by atoms with Gasteiger partial charge in [-0.2, -0.15) is 9.78 Å². The molecule has 0 bridgehead atoms. The molecule has 0 spiro atoms. The molecule has 0 atom stereocenters. The summed E-state index contributed by atoms with van der Waals surface area (Å²) in [6.07, 6.45) is 2.48. The van der Waals surface area contributed by atoms with Crippen molar-refractivity contribution < 1.29 is 14.6 Å². The van der Waals surface area contributed by atoms with Crippen LogP contribution in [0.1, 0.15) is 47.0 Å². The van der Waals surface area contributed by atoms with E-state index < -0.39 is 5.79 Å². The fourth-order valence-electron chi connectivity index (χ4n) is 1.30. The van der Waals surface area contributed by atoms with Crippen LogP contribution in [0.5, 0.6) is 0 Å². The normalized spacial score (nSPS) is 20.0.